The molecule has 0 fully saturated rings. The average molecular weight is 386 g/mol. The van der Waals surface area contributed by atoms with Crippen LogP contribution in [0.2, 0.25) is 0 Å². The van der Waals surface area contributed by atoms with Crippen LogP contribution in [0.3, 0.4) is 0 Å². The lowest BCUT2D eigenvalue weighted by atomic mass is 10.2. The zero-order valence-electron chi connectivity index (χ0n) is 15.8. The van der Waals surface area contributed by atoms with Crippen molar-refractivity contribution in [2.45, 2.75) is 19.8 Å². The topological polar surface area (TPSA) is 76.7 Å². The molecule has 0 aliphatic heterocycles. The van der Waals surface area contributed by atoms with Crippen molar-refractivity contribution in [2.24, 2.45) is 0 Å². The van der Waals surface area contributed by atoms with Gasteiger partial charge in [0.2, 0.25) is 0 Å². The van der Waals surface area contributed by atoms with E-state index in [4.69, 9.17) is 9.47 Å². The zero-order chi connectivity index (χ0) is 20.4. The van der Waals surface area contributed by atoms with E-state index in [1.54, 1.807) is 31.4 Å². The minimum atomic E-state index is -0.741. The number of ether oxygens (including phenoxy) is 2. The second kappa shape index (κ2) is 10.7. The van der Waals surface area contributed by atoms with E-state index >= 15 is 0 Å². The maximum atomic E-state index is 13.5. The maximum Gasteiger partial charge on any atom is 0.272 e. The molecule has 148 valence electrons. The van der Waals surface area contributed by atoms with Gasteiger partial charge in [0.15, 0.2) is 11.5 Å². The van der Waals surface area contributed by atoms with E-state index in [0.29, 0.717) is 18.1 Å². The third-order valence-electron chi connectivity index (χ3n) is 3.79. The van der Waals surface area contributed by atoms with E-state index in [1.165, 1.54) is 30.3 Å². The summed E-state index contributed by atoms with van der Waals surface area (Å²) in [6.45, 7) is 2.68. The molecule has 28 heavy (non-hydrogen) atoms. The van der Waals surface area contributed by atoms with Crippen LogP contribution < -0.4 is 20.3 Å². The zero-order valence-corrected chi connectivity index (χ0v) is 15.8. The second-order valence-electron chi connectivity index (χ2n) is 5.87. The first-order chi connectivity index (χ1) is 13.5. The highest BCUT2D eigenvalue weighted by atomic mass is 19.1. The molecular weight excluding hydrogens is 363 g/mol. The van der Waals surface area contributed by atoms with Crippen molar-refractivity contribution >= 4 is 17.9 Å². The van der Waals surface area contributed by atoms with Gasteiger partial charge in [-0.05, 0) is 42.3 Å². The molecule has 0 spiro atoms. The van der Waals surface area contributed by atoms with Gasteiger partial charge in [0.25, 0.3) is 11.8 Å². The molecule has 0 saturated carbocycles. The third kappa shape index (κ3) is 6.12. The Morgan fingerprint density at radius 3 is 2.61 bits per heavy atom. The van der Waals surface area contributed by atoms with Gasteiger partial charge >= 0.3 is 0 Å². The van der Waals surface area contributed by atoms with E-state index < -0.39 is 17.6 Å². The van der Waals surface area contributed by atoms with E-state index in [-0.39, 0.29) is 5.56 Å². The quantitative estimate of drug-likeness (QED) is 0.414. The lowest BCUT2D eigenvalue weighted by molar-refractivity contribution is -0.117. The molecule has 2 N–H and O–H groups in total. The smallest absolute Gasteiger partial charge is 0.272 e. The van der Waals surface area contributed by atoms with Crippen LogP contribution in [-0.4, -0.2) is 25.5 Å². The van der Waals surface area contributed by atoms with Gasteiger partial charge in [-0.1, -0.05) is 31.5 Å². The molecule has 0 aliphatic carbocycles. The Morgan fingerprint density at radius 2 is 1.89 bits per heavy atom. The maximum absolute atomic E-state index is 13.5. The van der Waals surface area contributed by atoms with Gasteiger partial charge in [0.05, 0.1) is 19.3 Å². The molecular formula is C21H23FN2O4. The Morgan fingerprint density at radius 1 is 1.11 bits per heavy atom. The molecule has 0 heterocycles. The van der Waals surface area contributed by atoms with Crippen molar-refractivity contribution in [2.75, 3.05) is 13.7 Å². The van der Waals surface area contributed by atoms with Crippen molar-refractivity contribution in [3.8, 4) is 11.5 Å². The van der Waals surface area contributed by atoms with Gasteiger partial charge in [0, 0.05) is 6.08 Å². The van der Waals surface area contributed by atoms with Crippen molar-refractivity contribution in [1.82, 2.24) is 10.9 Å². The monoisotopic (exact) mass is 386 g/mol. The number of nitrogens with one attached hydrogen (secondary N) is 2. The number of rotatable bonds is 8. The largest absolute Gasteiger partial charge is 0.493 e. The van der Waals surface area contributed by atoms with E-state index in [2.05, 4.69) is 17.8 Å². The normalized spacial score (nSPS) is 10.5. The summed E-state index contributed by atoms with van der Waals surface area (Å²) >= 11 is 0. The number of hydrogen-bond acceptors (Lipinski definition) is 4. The van der Waals surface area contributed by atoms with Gasteiger partial charge in [0.1, 0.15) is 5.82 Å². The van der Waals surface area contributed by atoms with Crippen molar-refractivity contribution in [1.29, 1.82) is 0 Å². The number of amides is 2. The van der Waals surface area contributed by atoms with E-state index in [9.17, 15) is 14.0 Å². The van der Waals surface area contributed by atoms with Gasteiger partial charge in [-0.15, -0.1) is 0 Å². The summed E-state index contributed by atoms with van der Waals surface area (Å²) in [6.07, 6.45) is 4.78. The first-order valence-electron chi connectivity index (χ1n) is 8.89. The fourth-order valence-electron chi connectivity index (χ4n) is 2.28. The van der Waals surface area contributed by atoms with Crippen molar-refractivity contribution in [3.05, 3.63) is 65.5 Å². The summed E-state index contributed by atoms with van der Waals surface area (Å²) in [5.41, 5.74) is 4.93. The molecule has 0 atom stereocenters. The number of carbonyl (C=O) groups is 2. The molecule has 2 aromatic rings. The molecule has 0 unspecified atom stereocenters. The summed E-state index contributed by atoms with van der Waals surface area (Å²) < 4.78 is 24.5. The molecule has 0 bridgehead atoms. The highest BCUT2D eigenvalue weighted by Crippen LogP contribution is 2.28. The van der Waals surface area contributed by atoms with Crippen LogP contribution in [0, 0.1) is 5.82 Å². The molecule has 2 amide bonds. The molecule has 0 saturated heterocycles. The number of unbranched alkanes of at least 4 members (excludes halogenated alkanes) is 1. The van der Waals surface area contributed by atoms with Gasteiger partial charge < -0.3 is 9.47 Å². The Labute approximate surface area is 163 Å². The fraction of sp³-hybridized carbons (Fsp3) is 0.238. The number of carbonyl (C=O) groups excluding carboxylic acids is 2. The minimum Gasteiger partial charge on any atom is -0.493 e. The Bertz CT molecular complexity index is 852. The molecule has 2 rings (SSSR count). The number of halogens is 1. The Hall–Kier alpha value is -3.35. The molecule has 7 heteroatoms. The van der Waals surface area contributed by atoms with Crippen LogP contribution in [0.25, 0.3) is 6.08 Å². The summed E-state index contributed by atoms with van der Waals surface area (Å²) in [7, 11) is 1.54. The van der Waals surface area contributed by atoms with Gasteiger partial charge in [-0.25, -0.2) is 4.39 Å². The Kier molecular flexibility index (Phi) is 8.02. The SMILES string of the molecule is CCCCOc1ccc(C=CC(=O)NNC(=O)c2ccccc2F)cc1OC. The second-order valence-corrected chi connectivity index (χ2v) is 5.87. The average Bonchev–Trinajstić information content (AvgIpc) is 2.71. The molecule has 0 radical (unpaired) electrons. The number of methoxy groups -OCH3 is 1. The predicted octanol–water partition coefficient (Wildman–Crippen LogP) is 3.49. The molecule has 6 nitrogen and oxygen atoms in total. The fourth-order valence-corrected chi connectivity index (χ4v) is 2.28. The van der Waals surface area contributed by atoms with Crippen LogP contribution in [0.5, 0.6) is 11.5 Å². The first kappa shape index (κ1) is 21.0. The highest BCUT2D eigenvalue weighted by Gasteiger charge is 2.10. The summed E-state index contributed by atoms with van der Waals surface area (Å²) in [5, 5.41) is 0. The highest BCUT2D eigenvalue weighted by molar-refractivity contribution is 5.98. The van der Waals surface area contributed by atoms with Crippen LogP contribution in [0.4, 0.5) is 4.39 Å². The first-order valence-corrected chi connectivity index (χ1v) is 8.89. The number of hydrogen-bond donors (Lipinski definition) is 2. The van der Waals surface area contributed by atoms with Gasteiger partial charge in [-0.2, -0.15) is 0 Å². The number of benzene rings is 2. The van der Waals surface area contributed by atoms with Crippen LogP contribution >= 0.6 is 0 Å². The van der Waals surface area contributed by atoms with Crippen LogP contribution in [-0.2, 0) is 4.79 Å². The summed E-state index contributed by atoms with van der Waals surface area (Å²) in [5.74, 6) is -0.777. The predicted molar refractivity (Wildman–Crippen MR) is 104 cm³/mol. The van der Waals surface area contributed by atoms with Crippen LogP contribution in [0.1, 0.15) is 35.7 Å². The minimum absolute atomic E-state index is 0.157. The van der Waals surface area contributed by atoms with Crippen molar-refractivity contribution in [3.63, 3.8) is 0 Å². The molecule has 2 aromatic carbocycles. The molecule has 0 aliphatic rings. The van der Waals surface area contributed by atoms with E-state index in [0.717, 1.165) is 18.4 Å². The van der Waals surface area contributed by atoms with Gasteiger partial charge in [-0.3, -0.25) is 20.4 Å². The standard InChI is InChI=1S/C21H23FN2O4/c1-3-4-13-28-18-11-9-15(14-19(18)27-2)10-12-20(25)23-24-21(26)16-7-5-6-8-17(16)22/h5-12,14H,3-4,13H2,1-2H3,(H,23,25)(H,24,26). The summed E-state index contributed by atoms with van der Waals surface area (Å²) in [6, 6.07) is 10.8. The third-order valence-corrected chi connectivity index (χ3v) is 3.79. The Balaban J connectivity index is 1.92. The lowest BCUT2D eigenvalue weighted by Gasteiger charge is -2.11. The molecule has 0 aromatic heterocycles. The van der Waals surface area contributed by atoms with E-state index in [1.807, 2.05) is 0 Å². The summed E-state index contributed by atoms with van der Waals surface area (Å²) in [4.78, 5) is 23.7. The number of hydrazine groups is 1. The lowest BCUT2D eigenvalue weighted by Crippen LogP contribution is -2.41. The van der Waals surface area contributed by atoms with Crippen molar-refractivity contribution < 1.29 is 23.5 Å². The van der Waals surface area contributed by atoms with Crippen LogP contribution in [0.15, 0.2) is 48.5 Å².